The average Bonchev–Trinajstić information content (AvgIpc) is 2.96. The second-order valence-corrected chi connectivity index (χ2v) is 5.72. The second-order valence-electron chi connectivity index (χ2n) is 4.86. The van der Waals surface area contributed by atoms with Crippen LogP contribution in [0.25, 0.3) is 21.8 Å². The van der Waals surface area contributed by atoms with Gasteiger partial charge in [-0.25, -0.2) is 14.8 Å². The van der Waals surface area contributed by atoms with Gasteiger partial charge in [0, 0.05) is 22.8 Å². The minimum Gasteiger partial charge on any atom is -0.478 e. The molecule has 0 aliphatic rings. The van der Waals surface area contributed by atoms with Crippen molar-refractivity contribution >= 4 is 23.1 Å². The van der Waals surface area contributed by atoms with Gasteiger partial charge in [-0.1, -0.05) is 0 Å². The molecule has 4 N–H and O–H groups in total. The number of nitrogens with zero attached hydrogens (tertiary/aromatic N) is 2. The van der Waals surface area contributed by atoms with E-state index in [9.17, 15) is 14.7 Å². The van der Waals surface area contributed by atoms with Crippen LogP contribution in [0.1, 0.15) is 16.1 Å². The highest BCUT2D eigenvalue weighted by Gasteiger charge is 2.15. The summed E-state index contributed by atoms with van der Waals surface area (Å²) >= 11 is 1.34. The first-order chi connectivity index (χ1) is 11.0. The zero-order valence-corrected chi connectivity index (χ0v) is 12.8. The predicted molar refractivity (Wildman–Crippen MR) is 87.5 cm³/mol. The summed E-state index contributed by atoms with van der Waals surface area (Å²) in [4.78, 5) is 34.2. The number of rotatable bonds is 3. The van der Waals surface area contributed by atoms with Crippen molar-refractivity contribution < 1.29 is 9.90 Å². The molecule has 3 rings (SSSR count). The van der Waals surface area contributed by atoms with Crippen LogP contribution in [0.15, 0.2) is 34.6 Å². The van der Waals surface area contributed by atoms with E-state index in [1.54, 1.807) is 30.6 Å². The predicted octanol–water partition coefficient (Wildman–Crippen LogP) is 2.15. The Morgan fingerprint density at radius 2 is 2.17 bits per heavy atom. The molecule has 0 spiro atoms. The number of carbonyl (C=O) groups is 1. The first kappa shape index (κ1) is 14.9. The number of carboxylic acid groups (broad SMARTS) is 1. The number of aromatic nitrogens is 3. The van der Waals surface area contributed by atoms with Crippen molar-refractivity contribution in [1.82, 2.24) is 15.0 Å². The van der Waals surface area contributed by atoms with E-state index < -0.39 is 5.97 Å². The summed E-state index contributed by atoms with van der Waals surface area (Å²) < 4.78 is 0. The van der Waals surface area contributed by atoms with Crippen LogP contribution in [-0.2, 0) is 0 Å². The van der Waals surface area contributed by atoms with E-state index in [1.165, 1.54) is 17.4 Å². The summed E-state index contributed by atoms with van der Waals surface area (Å²) in [6, 6.07) is 4.79. The van der Waals surface area contributed by atoms with E-state index in [4.69, 9.17) is 5.73 Å². The van der Waals surface area contributed by atoms with Gasteiger partial charge in [-0.05, 0) is 25.1 Å². The number of hydrogen-bond acceptors (Lipinski definition) is 6. The first-order valence-electron chi connectivity index (χ1n) is 6.60. The Morgan fingerprint density at radius 3 is 2.87 bits per heavy atom. The topological polar surface area (TPSA) is 122 Å². The lowest BCUT2D eigenvalue weighted by Gasteiger charge is -2.03. The van der Waals surface area contributed by atoms with Gasteiger partial charge in [0.2, 0.25) is 0 Å². The quantitative estimate of drug-likeness (QED) is 0.677. The molecule has 0 saturated carbocycles. The Bertz CT molecular complexity index is 961. The minimum absolute atomic E-state index is 0.0438. The van der Waals surface area contributed by atoms with Crippen LogP contribution in [-0.4, -0.2) is 26.0 Å². The number of anilines is 1. The molecule has 0 unspecified atom stereocenters. The summed E-state index contributed by atoms with van der Waals surface area (Å²) in [6.45, 7) is 1.54. The van der Waals surface area contributed by atoms with E-state index >= 15 is 0 Å². The Balaban J connectivity index is 2.09. The van der Waals surface area contributed by atoms with Gasteiger partial charge < -0.3 is 15.8 Å². The molecule has 0 fully saturated rings. The monoisotopic (exact) mass is 328 g/mol. The number of nitrogen functional groups attached to an aromatic ring is 1. The fraction of sp³-hybridized carbons (Fsp3) is 0.0667. The summed E-state index contributed by atoms with van der Waals surface area (Å²) in [7, 11) is 0. The maximum Gasteiger partial charge on any atom is 0.337 e. The second kappa shape index (κ2) is 5.65. The van der Waals surface area contributed by atoms with Gasteiger partial charge in [0.25, 0.3) is 5.56 Å². The number of aromatic amines is 1. The number of pyridine rings is 2. The number of thiazole rings is 1. The number of aromatic carboxylic acids is 1. The van der Waals surface area contributed by atoms with Gasteiger partial charge in [0.1, 0.15) is 10.8 Å². The van der Waals surface area contributed by atoms with Crippen molar-refractivity contribution in [3.8, 4) is 21.8 Å². The SMILES string of the molecule is Cc1[nH]c(=O)c(-c2csc(-c3ccnc(N)c3)n2)cc1C(=O)O. The largest absolute Gasteiger partial charge is 0.478 e. The van der Waals surface area contributed by atoms with Gasteiger partial charge in [-0.15, -0.1) is 11.3 Å². The zero-order valence-electron chi connectivity index (χ0n) is 12.0. The Hall–Kier alpha value is -3.00. The molecule has 0 radical (unpaired) electrons. The van der Waals surface area contributed by atoms with Crippen LogP contribution in [0.4, 0.5) is 5.82 Å². The molecule has 0 amide bonds. The van der Waals surface area contributed by atoms with Crippen LogP contribution in [0.5, 0.6) is 0 Å². The summed E-state index contributed by atoms with van der Waals surface area (Å²) in [5.74, 6) is -0.724. The normalized spacial score (nSPS) is 10.7. The third-order valence-electron chi connectivity index (χ3n) is 3.28. The molecule has 7 nitrogen and oxygen atoms in total. The average molecular weight is 328 g/mol. The molecular formula is C15H12N4O3S. The first-order valence-corrected chi connectivity index (χ1v) is 7.48. The van der Waals surface area contributed by atoms with Gasteiger partial charge in [-0.2, -0.15) is 0 Å². The third kappa shape index (κ3) is 2.84. The standard InChI is InChI=1S/C15H12N4O3S/c1-7-9(15(21)22)5-10(13(20)18-7)11-6-23-14(19-11)8-2-3-17-12(16)4-8/h2-6H,1H3,(H2,16,17)(H,18,20)(H,21,22). The Labute approximate surface area is 134 Å². The van der Waals surface area contributed by atoms with Gasteiger partial charge in [0.15, 0.2) is 0 Å². The van der Waals surface area contributed by atoms with E-state index in [0.29, 0.717) is 22.2 Å². The highest BCUT2D eigenvalue weighted by molar-refractivity contribution is 7.13. The molecule has 3 aromatic heterocycles. The number of carboxylic acids is 1. The van der Waals surface area contributed by atoms with Crippen LogP contribution in [0.2, 0.25) is 0 Å². The van der Waals surface area contributed by atoms with Crippen molar-refractivity contribution in [3.63, 3.8) is 0 Å². The zero-order chi connectivity index (χ0) is 16.6. The summed E-state index contributed by atoms with van der Waals surface area (Å²) in [6.07, 6.45) is 1.58. The van der Waals surface area contributed by atoms with Crippen LogP contribution in [0.3, 0.4) is 0 Å². The maximum absolute atomic E-state index is 12.1. The molecule has 0 aromatic carbocycles. The smallest absolute Gasteiger partial charge is 0.337 e. The van der Waals surface area contributed by atoms with Gasteiger partial charge in [-0.3, -0.25) is 4.79 Å². The van der Waals surface area contributed by atoms with Crippen molar-refractivity contribution in [2.45, 2.75) is 6.92 Å². The van der Waals surface area contributed by atoms with E-state index in [-0.39, 0.29) is 16.7 Å². The van der Waals surface area contributed by atoms with Crippen LogP contribution >= 0.6 is 11.3 Å². The van der Waals surface area contributed by atoms with E-state index in [0.717, 1.165) is 5.56 Å². The van der Waals surface area contributed by atoms with Gasteiger partial charge >= 0.3 is 5.97 Å². The molecule has 3 aromatic rings. The molecule has 0 atom stereocenters. The maximum atomic E-state index is 12.1. The van der Waals surface area contributed by atoms with Crippen molar-refractivity contribution in [3.05, 3.63) is 51.4 Å². The fourth-order valence-electron chi connectivity index (χ4n) is 2.15. The molecular weight excluding hydrogens is 316 g/mol. The lowest BCUT2D eigenvalue weighted by molar-refractivity contribution is 0.0695. The van der Waals surface area contributed by atoms with Crippen molar-refractivity contribution in [2.24, 2.45) is 0 Å². The number of nitrogens with two attached hydrogens (primary N) is 1. The molecule has 0 bridgehead atoms. The van der Waals surface area contributed by atoms with Crippen LogP contribution < -0.4 is 11.3 Å². The highest BCUT2D eigenvalue weighted by atomic mass is 32.1. The minimum atomic E-state index is -1.10. The molecule has 0 aliphatic carbocycles. The van der Waals surface area contributed by atoms with Crippen LogP contribution in [0, 0.1) is 6.92 Å². The molecule has 3 heterocycles. The summed E-state index contributed by atoms with van der Waals surface area (Å²) in [5, 5.41) is 11.6. The fourth-order valence-corrected chi connectivity index (χ4v) is 2.96. The number of nitrogens with one attached hydrogen (secondary N) is 1. The lowest BCUT2D eigenvalue weighted by atomic mass is 10.1. The molecule has 0 aliphatic heterocycles. The molecule has 116 valence electrons. The van der Waals surface area contributed by atoms with Crippen molar-refractivity contribution in [2.75, 3.05) is 5.73 Å². The lowest BCUT2D eigenvalue weighted by Crippen LogP contribution is -2.15. The highest BCUT2D eigenvalue weighted by Crippen LogP contribution is 2.28. The number of hydrogen-bond donors (Lipinski definition) is 3. The Kier molecular flexibility index (Phi) is 3.67. The summed E-state index contributed by atoms with van der Waals surface area (Å²) in [5.41, 5.74) is 7.06. The number of H-pyrrole nitrogens is 1. The van der Waals surface area contributed by atoms with E-state index in [2.05, 4.69) is 15.0 Å². The molecule has 8 heteroatoms. The molecule has 0 saturated heterocycles. The third-order valence-corrected chi connectivity index (χ3v) is 4.17. The number of aryl methyl sites for hydroxylation is 1. The van der Waals surface area contributed by atoms with Gasteiger partial charge in [0.05, 0.1) is 16.8 Å². The van der Waals surface area contributed by atoms with Crippen molar-refractivity contribution in [1.29, 1.82) is 0 Å². The molecule has 23 heavy (non-hydrogen) atoms. The van der Waals surface area contributed by atoms with E-state index in [1.807, 2.05) is 0 Å². The Morgan fingerprint density at radius 1 is 1.39 bits per heavy atom.